The molecule has 0 N–H and O–H groups in total. The SMILES string of the molecule is O=C(c1cocn1)N1CC2(C1)OCc1nc(C3CCCCC3)ncc12. The molecule has 0 atom stereocenters. The molecule has 2 fully saturated rings. The van der Waals surface area contributed by atoms with Crippen LogP contribution in [0.15, 0.2) is 23.3 Å². The van der Waals surface area contributed by atoms with Crippen molar-refractivity contribution in [3.8, 4) is 0 Å². The second-order valence-electron chi connectivity index (χ2n) is 7.24. The number of carbonyl (C=O) groups excluding carboxylic acids is 1. The fraction of sp³-hybridized carbons (Fsp3) is 0.556. The first-order valence-corrected chi connectivity index (χ1v) is 8.93. The summed E-state index contributed by atoms with van der Waals surface area (Å²) in [5.74, 6) is 1.33. The van der Waals surface area contributed by atoms with Gasteiger partial charge in [-0.25, -0.2) is 15.0 Å². The molecule has 130 valence electrons. The van der Waals surface area contributed by atoms with E-state index < -0.39 is 5.60 Å². The van der Waals surface area contributed by atoms with Crippen LogP contribution in [-0.2, 0) is 16.9 Å². The molecule has 1 saturated carbocycles. The second kappa shape index (κ2) is 5.62. The summed E-state index contributed by atoms with van der Waals surface area (Å²) in [4.78, 5) is 27.4. The third kappa shape index (κ3) is 2.37. The summed E-state index contributed by atoms with van der Waals surface area (Å²) in [6.07, 6.45) is 10.8. The molecule has 1 amide bonds. The van der Waals surface area contributed by atoms with Crippen LogP contribution in [0.2, 0.25) is 0 Å². The molecule has 5 rings (SSSR count). The van der Waals surface area contributed by atoms with E-state index in [-0.39, 0.29) is 5.91 Å². The number of nitrogens with zero attached hydrogens (tertiary/aromatic N) is 4. The average Bonchev–Trinajstić information content (AvgIpc) is 3.28. The number of amides is 1. The highest BCUT2D eigenvalue weighted by Gasteiger charge is 2.53. The molecule has 4 heterocycles. The Morgan fingerprint density at radius 3 is 2.80 bits per heavy atom. The topological polar surface area (TPSA) is 81.4 Å². The maximum atomic E-state index is 12.3. The highest BCUT2D eigenvalue weighted by Crippen LogP contribution is 2.43. The number of aromatic nitrogens is 3. The molecular formula is C18H20N4O3. The first-order chi connectivity index (χ1) is 12.3. The van der Waals surface area contributed by atoms with Crippen LogP contribution in [0.1, 0.15) is 65.6 Å². The van der Waals surface area contributed by atoms with Gasteiger partial charge >= 0.3 is 0 Å². The van der Waals surface area contributed by atoms with Crippen molar-refractivity contribution in [2.24, 2.45) is 0 Å². The Labute approximate surface area is 145 Å². The van der Waals surface area contributed by atoms with E-state index in [1.807, 2.05) is 6.20 Å². The number of rotatable bonds is 2. The molecule has 0 unspecified atom stereocenters. The van der Waals surface area contributed by atoms with E-state index in [0.717, 1.165) is 17.1 Å². The van der Waals surface area contributed by atoms with Crippen molar-refractivity contribution in [3.63, 3.8) is 0 Å². The number of likely N-dealkylation sites (tertiary alicyclic amines) is 1. The normalized spacial score (nSPS) is 22.0. The lowest BCUT2D eigenvalue weighted by molar-refractivity contribution is -0.126. The summed E-state index contributed by atoms with van der Waals surface area (Å²) in [6, 6.07) is 0. The van der Waals surface area contributed by atoms with Gasteiger partial charge in [-0.15, -0.1) is 0 Å². The maximum Gasteiger partial charge on any atom is 0.276 e. The third-order valence-electron chi connectivity index (χ3n) is 5.66. The summed E-state index contributed by atoms with van der Waals surface area (Å²) in [5.41, 5.74) is 1.91. The number of fused-ring (bicyclic) bond motifs is 2. The van der Waals surface area contributed by atoms with Gasteiger partial charge in [-0.3, -0.25) is 4.79 Å². The largest absolute Gasteiger partial charge is 0.451 e. The van der Waals surface area contributed by atoms with Crippen LogP contribution < -0.4 is 0 Å². The Hall–Kier alpha value is -2.28. The molecule has 0 radical (unpaired) electrons. The first kappa shape index (κ1) is 15.0. The van der Waals surface area contributed by atoms with Crippen molar-refractivity contribution < 1.29 is 13.9 Å². The zero-order valence-electron chi connectivity index (χ0n) is 14.0. The van der Waals surface area contributed by atoms with Gasteiger partial charge in [-0.1, -0.05) is 19.3 Å². The van der Waals surface area contributed by atoms with Gasteiger partial charge in [-0.2, -0.15) is 0 Å². The van der Waals surface area contributed by atoms with Crippen molar-refractivity contribution in [1.82, 2.24) is 19.9 Å². The monoisotopic (exact) mass is 340 g/mol. The molecule has 3 aliphatic rings. The maximum absolute atomic E-state index is 12.3. The van der Waals surface area contributed by atoms with Crippen LogP contribution in [0.3, 0.4) is 0 Å². The predicted molar refractivity (Wildman–Crippen MR) is 86.7 cm³/mol. The lowest BCUT2D eigenvalue weighted by Gasteiger charge is -2.46. The number of oxazole rings is 1. The summed E-state index contributed by atoms with van der Waals surface area (Å²) in [6.45, 7) is 1.53. The number of hydrogen-bond acceptors (Lipinski definition) is 6. The van der Waals surface area contributed by atoms with Crippen LogP contribution >= 0.6 is 0 Å². The first-order valence-electron chi connectivity index (χ1n) is 8.93. The van der Waals surface area contributed by atoms with Crippen LogP contribution in [0.25, 0.3) is 0 Å². The molecule has 2 aliphatic heterocycles. The number of hydrogen-bond donors (Lipinski definition) is 0. The Kier molecular flexibility index (Phi) is 3.38. The van der Waals surface area contributed by atoms with Crippen molar-refractivity contribution in [2.45, 2.75) is 50.2 Å². The van der Waals surface area contributed by atoms with Crippen LogP contribution in [0.5, 0.6) is 0 Å². The minimum atomic E-state index is -0.445. The van der Waals surface area contributed by atoms with Crippen LogP contribution in [-0.4, -0.2) is 38.8 Å². The highest BCUT2D eigenvalue weighted by atomic mass is 16.5. The van der Waals surface area contributed by atoms with Gasteiger partial charge in [0.25, 0.3) is 5.91 Å². The molecule has 1 aliphatic carbocycles. The van der Waals surface area contributed by atoms with E-state index in [4.69, 9.17) is 14.1 Å². The predicted octanol–water partition coefficient (Wildman–Crippen LogP) is 2.39. The summed E-state index contributed by atoms with van der Waals surface area (Å²) < 4.78 is 10.9. The van der Waals surface area contributed by atoms with Gasteiger partial charge in [-0.05, 0) is 12.8 Å². The zero-order valence-corrected chi connectivity index (χ0v) is 14.0. The number of carbonyl (C=O) groups is 1. The molecule has 0 aromatic carbocycles. The van der Waals surface area contributed by atoms with E-state index in [0.29, 0.717) is 31.3 Å². The molecule has 1 saturated heterocycles. The van der Waals surface area contributed by atoms with Crippen LogP contribution in [0.4, 0.5) is 0 Å². The highest BCUT2D eigenvalue weighted by molar-refractivity contribution is 5.92. The molecule has 2 aromatic heterocycles. The Bertz CT molecular complexity index is 793. The fourth-order valence-corrected chi connectivity index (χ4v) is 4.22. The van der Waals surface area contributed by atoms with E-state index in [1.165, 1.54) is 44.8 Å². The van der Waals surface area contributed by atoms with E-state index in [1.54, 1.807) is 4.90 Å². The smallest absolute Gasteiger partial charge is 0.276 e. The lowest BCUT2D eigenvalue weighted by atomic mass is 9.86. The van der Waals surface area contributed by atoms with Gasteiger partial charge in [0.1, 0.15) is 17.7 Å². The summed E-state index contributed by atoms with van der Waals surface area (Å²) in [7, 11) is 0. The van der Waals surface area contributed by atoms with Crippen molar-refractivity contribution in [1.29, 1.82) is 0 Å². The van der Waals surface area contributed by atoms with Gasteiger partial charge in [0.15, 0.2) is 12.1 Å². The molecule has 7 heteroatoms. The fourth-order valence-electron chi connectivity index (χ4n) is 4.22. The Morgan fingerprint density at radius 2 is 2.04 bits per heavy atom. The van der Waals surface area contributed by atoms with Gasteiger partial charge < -0.3 is 14.1 Å². The molecule has 25 heavy (non-hydrogen) atoms. The van der Waals surface area contributed by atoms with E-state index in [2.05, 4.69) is 9.97 Å². The van der Waals surface area contributed by atoms with E-state index in [9.17, 15) is 4.79 Å². The molecule has 7 nitrogen and oxygen atoms in total. The van der Waals surface area contributed by atoms with Crippen molar-refractivity contribution in [2.75, 3.05) is 13.1 Å². The molecule has 2 aromatic rings. The van der Waals surface area contributed by atoms with Gasteiger partial charge in [0, 0.05) is 17.7 Å². The van der Waals surface area contributed by atoms with Gasteiger partial charge in [0.2, 0.25) is 0 Å². The molecule has 1 spiro atoms. The summed E-state index contributed by atoms with van der Waals surface area (Å²) >= 11 is 0. The minimum Gasteiger partial charge on any atom is -0.451 e. The van der Waals surface area contributed by atoms with Crippen LogP contribution in [0, 0.1) is 0 Å². The molecular weight excluding hydrogens is 320 g/mol. The third-order valence-corrected chi connectivity index (χ3v) is 5.66. The molecule has 0 bridgehead atoms. The van der Waals surface area contributed by atoms with Crippen molar-refractivity contribution >= 4 is 5.91 Å². The Morgan fingerprint density at radius 1 is 1.20 bits per heavy atom. The standard InChI is InChI=1S/C18H20N4O3/c23-17(15-7-24-11-20-15)22-9-18(10-22)13-6-19-16(21-14(13)8-25-18)12-4-2-1-3-5-12/h6-7,11-12H,1-5,8-10H2. The average molecular weight is 340 g/mol. The minimum absolute atomic E-state index is 0.129. The second-order valence-corrected chi connectivity index (χ2v) is 7.24. The lowest BCUT2D eigenvalue weighted by Crippen LogP contribution is -2.61. The Balaban J connectivity index is 1.33. The zero-order chi connectivity index (χ0) is 16.9. The summed E-state index contributed by atoms with van der Waals surface area (Å²) in [5, 5.41) is 0. The number of ether oxygens (including phenoxy) is 1. The van der Waals surface area contributed by atoms with Gasteiger partial charge in [0.05, 0.1) is 25.4 Å². The van der Waals surface area contributed by atoms with E-state index >= 15 is 0 Å². The quantitative estimate of drug-likeness (QED) is 0.835. The van der Waals surface area contributed by atoms with Crippen molar-refractivity contribution in [3.05, 3.63) is 41.6 Å².